The van der Waals surface area contributed by atoms with E-state index in [1.807, 2.05) is 43.3 Å². The fourth-order valence-corrected chi connectivity index (χ4v) is 4.75. The van der Waals surface area contributed by atoms with Crippen LogP contribution in [0, 0.1) is 20.8 Å². The molecule has 1 saturated heterocycles. The maximum absolute atomic E-state index is 6.09. The predicted molar refractivity (Wildman–Crippen MR) is 123 cm³/mol. The van der Waals surface area contributed by atoms with Gasteiger partial charge in [-0.1, -0.05) is 12.1 Å². The summed E-state index contributed by atoms with van der Waals surface area (Å²) in [7, 11) is 0. The second kappa shape index (κ2) is 8.37. The Morgan fingerprint density at radius 2 is 1.97 bits per heavy atom. The molecule has 5 heterocycles. The molecule has 4 aromatic heterocycles. The first-order valence-electron chi connectivity index (χ1n) is 10.5. The van der Waals surface area contributed by atoms with Crippen molar-refractivity contribution in [3.05, 3.63) is 70.2 Å². The monoisotopic (exact) mass is 434 g/mol. The quantitative estimate of drug-likeness (QED) is 0.501. The van der Waals surface area contributed by atoms with Gasteiger partial charge in [0.2, 0.25) is 0 Å². The summed E-state index contributed by atoms with van der Waals surface area (Å²) in [6.07, 6.45) is 2.02. The highest BCUT2D eigenvalue weighted by Crippen LogP contribution is 2.27. The molecule has 5 rings (SSSR count). The Bertz CT molecular complexity index is 1200. The van der Waals surface area contributed by atoms with E-state index in [0.29, 0.717) is 6.61 Å². The largest absolute Gasteiger partial charge is 0.369 e. The van der Waals surface area contributed by atoms with Gasteiger partial charge in [-0.15, -0.1) is 11.3 Å². The van der Waals surface area contributed by atoms with Crippen LogP contribution in [-0.2, 0) is 11.3 Å². The maximum Gasteiger partial charge on any atom is 0.188 e. The number of aromatic nitrogens is 4. The molecule has 0 amide bonds. The molecule has 0 unspecified atom stereocenters. The van der Waals surface area contributed by atoms with Gasteiger partial charge in [-0.3, -0.25) is 4.90 Å². The van der Waals surface area contributed by atoms with E-state index < -0.39 is 0 Å². The molecule has 1 fully saturated rings. The Kier molecular flexibility index (Phi) is 5.43. The van der Waals surface area contributed by atoms with Crippen LogP contribution < -0.4 is 5.32 Å². The Balaban J connectivity index is 1.31. The van der Waals surface area contributed by atoms with Gasteiger partial charge >= 0.3 is 0 Å². The van der Waals surface area contributed by atoms with E-state index in [4.69, 9.17) is 14.7 Å². The lowest BCUT2D eigenvalue weighted by Crippen LogP contribution is -2.38. The Labute approximate surface area is 185 Å². The first-order chi connectivity index (χ1) is 15.1. The molecule has 7 nitrogen and oxygen atoms in total. The number of pyridine rings is 2. The second-order valence-electron chi connectivity index (χ2n) is 7.90. The summed E-state index contributed by atoms with van der Waals surface area (Å²) in [6, 6.07) is 12.2. The van der Waals surface area contributed by atoms with Crippen LogP contribution in [0.5, 0.6) is 0 Å². The zero-order valence-electron chi connectivity index (χ0n) is 18.0. The van der Waals surface area contributed by atoms with Crippen LogP contribution in [0.1, 0.15) is 33.8 Å². The molecular weight excluding hydrogens is 408 g/mol. The van der Waals surface area contributed by atoms with Gasteiger partial charge in [0.05, 0.1) is 29.4 Å². The highest BCUT2D eigenvalue weighted by Gasteiger charge is 2.25. The minimum Gasteiger partial charge on any atom is -0.369 e. The lowest BCUT2D eigenvalue weighted by atomic mass is 10.1. The van der Waals surface area contributed by atoms with E-state index in [9.17, 15) is 0 Å². The van der Waals surface area contributed by atoms with Crippen LogP contribution in [-0.4, -0.2) is 43.9 Å². The number of anilines is 2. The molecule has 160 valence electrons. The van der Waals surface area contributed by atoms with Crippen molar-refractivity contribution >= 4 is 27.9 Å². The van der Waals surface area contributed by atoms with Crippen molar-refractivity contribution in [1.29, 1.82) is 0 Å². The number of thiazole rings is 1. The molecule has 0 saturated carbocycles. The minimum atomic E-state index is -0.0604. The highest BCUT2D eigenvalue weighted by molar-refractivity contribution is 7.15. The average Bonchev–Trinajstić information content (AvgIpc) is 3.26. The van der Waals surface area contributed by atoms with Gasteiger partial charge in [0.15, 0.2) is 5.13 Å². The summed E-state index contributed by atoms with van der Waals surface area (Å²) >= 11 is 1.65. The molecule has 0 aromatic carbocycles. The zero-order chi connectivity index (χ0) is 21.4. The topological polar surface area (TPSA) is 67.6 Å². The van der Waals surface area contributed by atoms with Crippen molar-refractivity contribution in [3.8, 4) is 0 Å². The molecular formula is C23H26N6OS. The smallest absolute Gasteiger partial charge is 0.188 e. The molecule has 1 atom stereocenters. The van der Waals surface area contributed by atoms with E-state index in [1.165, 1.54) is 10.6 Å². The van der Waals surface area contributed by atoms with E-state index in [2.05, 4.69) is 39.6 Å². The average molecular weight is 435 g/mol. The SMILES string of the molecule is Cc1nc(Nc2cccc([C@H]3CN(Cc4c(C)nc5ccccn45)CCO3)n2)sc1C. The summed E-state index contributed by atoms with van der Waals surface area (Å²) < 4.78 is 8.27. The van der Waals surface area contributed by atoms with Gasteiger partial charge in [-0.2, -0.15) is 0 Å². The van der Waals surface area contributed by atoms with E-state index in [1.54, 1.807) is 11.3 Å². The number of hydrogen-bond donors (Lipinski definition) is 1. The van der Waals surface area contributed by atoms with Crippen LogP contribution in [0.25, 0.3) is 5.65 Å². The van der Waals surface area contributed by atoms with Crippen LogP contribution in [0.4, 0.5) is 10.9 Å². The van der Waals surface area contributed by atoms with E-state index >= 15 is 0 Å². The van der Waals surface area contributed by atoms with E-state index in [0.717, 1.165) is 53.3 Å². The third kappa shape index (κ3) is 4.19. The van der Waals surface area contributed by atoms with Crippen LogP contribution in [0.2, 0.25) is 0 Å². The number of rotatable bonds is 5. The van der Waals surface area contributed by atoms with Crippen molar-refractivity contribution in [2.45, 2.75) is 33.4 Å². The van der Waals surface area contributed by atoms with Gasteiger partial charge in [0.25, 0.3) is 0 Å². The van der Waals surface area contributed by atoms with Crippen molar-refractivity contribution in [1.82, 2.24) is 24.3 Å². The van der Waals surface area contributed by atoms with E-state index in [-0.39, 0.29) is 6.10 Å². The summed E-state index contributed by atoms with van der Waals surface area (Å²) in [4.78, 5) is 17.7. The predicted octanol–water partition coefficient (Wildman–Crippen LogP) is 4.43. The Morgan fingerprint density at radius 3 is 2.81 bits per heavy atom. The Morgan fingerprint density at radius 1 is 1.06 bits per heavy atom. The van der Waals surface area contributed by atoms with Gasteiger partial charge in [0, 0.05) is 30.7 Å². The second-order valence-corrected chi connectivity index (χ2v) is 9.10. The Hall–Kier alpha value is -2.81. The lowest BCUT2D eigenvalue weighted by molar-refractivity contribution is -0.0354. The standard InChI is InChI=1S/C23H26N6OS/c1-15-17(3)31-23(25-15)27-21-8-6-7-18(26-21)20-14-28(11-12-30-20)13-19-16(2)24-22-9-4-5-10-29(19)22/h4-10,20H,11-14H2,1-3H3,(H,25,26,27)/t20-/m1/s1. The normalized spacial score (nSPS) is 17.3. The number of imidazole rings is 1. The van der Waals surface area contributed by atoms with Gasteiger partial charge in [-0.05, 0) is 45.0 Å². The van der Waals surface area contributed by atoms with Crippen molar-refractivity contribution in [2.24, 2.45) is 0 Å². The number of morpholine rings is 1. The van der Waals surface area contributed by atoms with Gasteiger partial charge in [0.1, 0.15) is 17.6 Å². The first kappa shape index (κ1) is 20.1. The fourth-order valence-electron chi connectivity index (χ4n) is 3.93. The molecule has 31 heavy (non-hydrogen) atoms. The molecule has 4 aromatic rings. The molecule has 1 aliphatic rings. The number of fused-ring (bicyclic) bond motifs is 1. The van der Waals surface area contributed by atoms with Crippen LogP contribution in [0.15, 0.2) is 42.6 Å². The van der Waals surface area contributed by atoms with Gasteiger partial charge < -0.3 is 14.5 Å². The molecule has 1 N–H and O–H groups in total. The molecule has 8 heteroatoms. The molecule has 1 aliphatic heterocycles. The first-order valence-corrected chi connectivity index (χ1v) is 11.3. The van der Waals surface area contributed by atoms with Crippen molar-refractivity contribution in [3.63, 3.8) is 0 Å². The number of hydrogen-bond acceptors (Lipinski definition) is 7. The number of nitrogens with one attached hydrogen (secondary N) is 1. The third-order valence-corrected chi connectivity index (χ3v) is 6.71. The summed E-state index contributed by atoms with van der Waals surface area (Å²) in [5, 5.41) is 4.21. The number of aryl methyl sites for hydroxylation is 3. The third-order valence-electron chi connectivity index (χ3n) is 5.72. The summed E-state index contributed by atoms with van der Waals surface area (Å²) in [6.45, 7) is 9.40. The fraction of sp³-hybridized carbons (Fsp3) is 0.348. The van der Waals surface area contributed by atoms with Gasteiger partial charge in [-0.25, -0.2) is 15.0 Å². The van der Waals surface area contributed by atoms with Crippen molar-refractivity contribution < 1.29 is 4.74 Å². The highest BCUT2D eigenvalue weighted by atomic mass is 32.1. The molecule has 0 radical (unpaired) electrons. The summed E-state index contributed by atoms with van der Waals surface area (Å²) in [5.41, 5.74) is 5.29. The van der Waals surface area contributed by atoms with Crippen LogP contribution in [0.3, 0.4) is 0 Å². The molecule has 0 aliphatic carbocycles. The van der Waals surface area contributed by atoms with Crippen LogP contribution >= 0.6 is 11.3 Å². The summed E-state index contributed by atoms with van der Waals surface area (Å²) in [5.74, 6) is 0.796. The van der Waals surface area contributed by atoms with Crippen molar-refractivity contribution in [2.75, 3.05) is 25.0 Å². The molecule has 0 spiro atoms. The number of nitrogens with zero attached hydrogens (tertiary/aromatic N) is 5. The lowest BCUT2D eigenvalue weighted by Gasteiger charge is -2.32. The zero-order valence-corrected chi connectivity index (χ0v) is 18.8. The number of ether oxygens (including phenoxy) is 1. The maximum atomic E-state index is 6.09. The molecule has 0 bridgehead atoms. The minimum absolute atomic E-state index is 0.0604.